The average molecular weight is 419 g/mol. The number of nitrogens with one attached hydrogen (secondary N) is 1. The molecule has 0 bridgehead atoms. The van der Waals surface area contributed by atoms with Gasteiger partial charge in [0.15, 0.2) is 5.69 Å². The minimum Gasteiger partial charge on any atom is -0.346 e. The number of amides is 1. The van der Waals surface area contributed by atoms with Crippen molar-refractivity contribution < 1.29 is 13.6 Å². The van der Waals surface area contributed by atoms with Gasteiger partial charge in [0.2, 0.25) is 0 Å². The Hall–Kier alpha value is -3.94. The summed E-state index contributed by atoms with van der Waals surface area (Å²) >= 11 is 0. The van der Waals surface area contributed by atoms with Crippen molar-refractivity contribution in [1.82, 2.24) is 25.3 Å². The van der Waals surface area contributed by atoms with Crippen LogP contribution in [-0.4, -0.2) is 25.9 Å². The molecule has 4 aromatic rings. The maximum absolute atomic E-state index is 13.9. The van der Waals surface area contributed by atoms with Crippen LogP contribution in [-0.2, 0) is 13.0 Å². The normalized spacial score (nSPS) is 10.8. The summed E-state index contributed by atoms with van der Waals surface area (Å²) in [5, 5.41) is 10.9. The molecular formula is C23H19F2N5O. The highest BCUT2D eigenvalue weighted by Crippen LogP contribution is 2.25. The second kappa shape index (κ2) is 8.83. The van der Waals surface area contributed by atoms with Gasteiger partial charge in [0.1, 0.15) is 17.3 Å². The Morgan fingerprint density at radius 3 is 2.45 bits per heavy atom. The summed E-state index contributed by atoms with van der Waals surface area (Å²) in [6.45, 7) is 1.96. The maximum atomic E-state index is 13.9. The average Bonchev–Trinajstić information content (AvgIpc) is 3.24. The largest absolute Gasteiger partial charge is 0.346 e. The van der Waals surface area contributed by atoms with Crippen molar-refractivity contribution in [3.05, 3.63) is 95.4 Å². The van der Waals surface area contributed by atoms with Gasteiger partial charge in [-0.2, -0.15) is 0 Å². The van der Waals surface area contributed by atoms with Gasteiger partial charge in [-0.1, -0.05) is 30.3 Å². The van der Waals surface area contributed by atoms with E-state index in [-0.39, 0.29) is 17.8 Å². The lowest BCUT2D eigenvalue weighted by atomic mass is 10.1. The number of aryl methyl sites for hydroxylation is 1. The summed E-state index contributed by atoms with van der Waals surface area (Å²) in [4.78, 5) is 16.9. The molecule has 0 unspecified atom stereocenters. The number of hydrogen-bond donors (Lipinski definition) is 1. The van der Waals surface area contributed by atoms with E-state index in [0.717, 1.165) is 24.2 Å². The van der Waals surface area contributed by atoms with Crippen LogP contribution >= 0.6 is 0 Å². The number of carbonyl (C=O) groups is 1. The highest BCUT2D eigenvalue weighted by molar-refractivity contribution is 5.98. The van der Waals surface area contributed by atoms with Crippen molar-refractivity contribution >= 4 is 5.91 Å². The quantitative estimate of drug-likeness (QED) is 0.511. The van der Waals surface area contributed by atoms with Crippen molar-refractivity contribution in [3.8, 4) is 16.9 Å². The molecule has 0 aliphatic heterocycles. The van der Waals surface area contributed by atoms with Gasteiger partial charge in [0.25, 0.3) is 5.91 Å². The lowest BCUT2D eigenvalue weighted by molar-refractivity contribution is 0.0946. The zero-order chi connectivity index (χ0) is 21.8. The third kappa shape index (κ3) is 4.32. The standard InChI is InChI=1S/C23H19F2N5O/c1-2-15-3-7-19(8-4-15)30-22(16-9-11-26-12-10-16)21(28-29-30)23(31)27-14-17-5-6-18(24)13-20(17)25/h3-13H,2,14H2,1H3,(H,27,31). The topological polar surface area (TPSA) is 72.7 Å². The molecule has 156 valence electrons. The van der Waals surface area contributed by atoms with Crippen molar-refractivity contribution in [2.24, 2.45) is 0 Å². The number of rotatable bonds is 6. The lowest BCUT2D eigenvalue weighted by Crippen LogP contribution is -2.24. The Labute approximate surface area is 177 Å². The van der Waals surface area contributed by atoms with E-state index >= 15 is 0 Å². The zero-order valence-corrected chi connectivity index (χ0v) is 16.7. The van der Waals surface area contributed by atoms with Gasteiger partial charge in [0.05, 0.1) is 5.69 Å². The molecular weight excluding hydrogens is 400 g/mol. The minimum absolute atomic E-state index is 0.0910. The zero-order valence-electron chi connectivity index (χ0n) is 16.7. The van der Waals surface area contributed by atoms with E-state index in [9.17, 15) is 13.6 Å². The molecule has 0 aliphatic rings. The first kappa shape index (κ1) is 20.3. The maximum Gasteiger partial charge on any atom is 0.274 e. The Bertz CT molecular complexity index is 1210. The fourth-order valence-corrected chi connectivity index (χ4v) is 3.18. The van der Waals surface area contributed by atoms with Gasteiger partial charge in [0, 0.05) is 36.1 Å². The SMILES string of the molecule is CCc1ccc(-n2nnc(C(=O)NCc3ccc(F)cc3F)c2-c2ccncc2)cc1. The summed E-state index contributed by atoms with van der Waals surface area (Å²) in [7, 11) is 0. The molecule has 0 aliphatic carbocycles. The van der Waals surface area contributed by atoms with E-state index in [1.54, 1.807) is 29.2 Å². The molecule has 0 spiro atoms. The number of aromatic nitrogens is 4. The van der Waals surface area contributed by atoms with Crippen LogP contribution in [0.2, 0.25) is 0 Å². The van der Waals surface area contributed by atoms with Crippen LogP contribution in [0.15, 0.2) is 67.0 Å². The van der Waals surface area contributed by atoms with Crippen molar-refractivity contribution in [1.29, 1.82) is 0 Å². The first-order valence-electron chi connectivity index (χ1n) is 9.74. The monoisotopic (exact) mass is 419 g/mol. The van der Waals surface area contributed by atoms with Crippen molar-refractivity contribution in [3.63, 3.8) is 0 Å². The van der Waals surface area contributed by atoms with E-state index < -0.39 is 17.5 Å². The molecule has 6 nitrogen and oxygen atoms in total. The van der Waals surface area contributed by atoms with E-state index in [0.29, 0.717) is 11.3 Å². The van der Waals surface area contributed by atoms with Gasteiger partial charge in [-0.25, -0.2) is 13.5 Å². The van der Waals surface area contributed by atoms with Crippen LogP contribution in [0.5, 0.6) is 0 Å². The lowest BCUT2D eigenvalue weighted by Gasteiger charge is -2.10. The van der Waals surface area contributed by atoms with Gasteiger partial charge >= 0.3 is 0 Å². The number of hydrogen-bond acceptors (Lipinski definition) is 4. The Kier molecular flexibility index (Phi) is 5.79. The van der Waals surface area contributed by atoms with Crippen LogP contribution in [0.1, 0.15) is 28.5 Å². The van der Waals surface area contributed by atoms with Crippen LogP contribution < -0.4 is 5.32 Å². The fourth-order valence-electron chi connectivity index (χ4n) is 3.18. The fraction of sp³-hybridized carbons (Fsp3) is 0.130. The van der Waals surface area contributed by atoms with Crippen LogP contribution in [0.25, 0.3) is 16.9 Å². The molecule has 0 atom stereocenters. The summed E-state index contributed by atoms with van der Waals surface area (Å²) in [6, 6.07) is 14.5. The second-order valence-corrected chi connectivity index (χ2v) is 6.87. The Morgan fingerprint density at radius 1 is 1.03 bits per heavy atom. The third-order valence-corrected chi connectivity index (χ3v) is 4.88. The van der Waals surface area contributed by atoms with Gasteiger partial charge in [-0.15, -0.1) is 5.10 Å². The van der Waals surface area contributed by atoms with Crippen molar-refractivity contribution in [2.45, 2.75) is 19.9 Å². The molecule has 0 fully saturated rings. The molecule has 4 rings (SSSR count). The number of pyridine rings is 1. The summed E-state index contributed by atoms with van der Waals surface area (Å²) in [6.07, 6.45) is 4.13. The molecule has 0 radical (unpaired) electrons. The van der Waals surface area contributed by atoms with Gasteiger partial charge < -0.3 is 5.32 Å². The first-order chi connectivity index (χ1) is 15.1. The van der Waals surface area contributed by atoms with Crippen LogP contribution in [0.3, 0.4) is 0 Å². The van der Waals surface area contributed by atoms with Crippen LogP contribution in [0.4, 0.5) is 8.78 Å². The first-order valence-corrected chi connectivity index (χ1v) is 9.74. The molecule has 8 heteroatoms. The van der Waals surface area contributed by atoms with Crippen LogP contribution in [0, 0.1) is 11.6 Å². The van der Waals surface area contributed by atoms with Gasteiger partial charge in [-0.05, 0) is 42.3 Å². The summed E-state index contributed by atoms with van der Waals surface area (Å²) in [5.41, 5.74) is 3.38. The Balaban J connectivity index is 1.68. The molecule has 0 saturated carbocycles. The highest BCUT2D eigenvalue weighted by Gasteiger charge is 2.22. The number of carbonyl (C=O) groups excluding carboxylic acids is 1. The van der Waals surface area contributed by atoms with E-state index in [2.05, 4.69) is 27.5 Å². The van der Waals surface area contributed by atoms with E-state index in [4.69, 9.17) is 0 Å². The highest BCUT2D eigenvalue weighted by atomic mass is 19.1. The Morgan fingerprint density at radius 2 is 1.77 bits per heavy atom. The molecule has 31 heavy (non-hydrogen) atoms. The smallest absolute Gasteiger partial charge is 0.274 e. The molecule has 2 heterocycles. The van der Waals surface area contributed by atoms with E-state index in [1.807, 2.05) is 24.3 Å². The predicted molar refractivity (Wildman–Crippen MR) is 111 cm³/mol. The summed E-state index contributed by atoms with van der Waals surface area (Å²) < 4.78 is 28.6. The molecule has 2 aromatic heterocycles. The van der Waals surface area contributed by atoms with Crippen molar-refractivity contribution in [2.75, 3.05) is 0 Å². The van der Waals surface area contributed by atoms with E-state index in [1.165, 1.54) is 11.6 Å². The third-order valence-electron chi connectivity index (χ3n) is 4.88. The molecule has 0 saturated heterocycles. The van der Waals surface area contributed by atoms with Gasteiger partial charge in [-0.3, -0.25) is 9.78 Å². The number of nitrogens with zero attached hydrogens (tertiary/aromatic N) is 4. The minimum atomic E-state index is -0.727. The number of halogens is 2. The predicted octanol–water partition coefficient (Wildman–Crippen LogP) is 4.10. The molecule has 2 aromatic carbocycles. The number of benzene rings is 2. The second-order valence-electron chi connectivity index (χ2n) is 6.87. The molecule has 1 amide bonds. The molecule has 1 N–H and O–H groups in total. The summed E-state index contributed by atoms with van der Waals surface area (Å²) in [5.74, 6) is -1.93.